The summed E-state index contributed by atoms with van der Waals surface area (Å²) in [5, 5.41) is 9.53. The topological polar surface area (TPSA) is 63.3 Å². The van der Waals surface area contributed by atoms with Crippen molar-refractivity contribution in [3.8, 4) is 0 Å². The first-order valence-corrected chi connectivity index (χ1v) is 6.26. The second-order valence-corrected chi connectivity index (χ2v) is 4.48. The van der Waals surface area contributed by atoms with Gasteiger partial charge in [0.1, 0.15) is 0 Å². The van der Waals surface area contributed by atoms with E-state index in [2.05, 4.69) is 0 Å². The maximum absolute atomic E-state index is 11.6. The first-order chi connectivity index (χ1) is 9.24. The zero-order valence-electron chi connectivity index (χ0n) is 10.6. The molecule has 0 fully saturated rings. The molecule has 0 spiro atoms. The molecule has 2 atom stereocenters. The second-order valence-electron chi connectivity index (χ2n) is 4.48. The number of carboxylic acid groups (broad SMARTS) is 1. The summed E-state index contributed by atoms with van der Waals surface area (Å²) in [5.74, 6) is -1.68. The van der Waals surface area contributed by atoms with Gasteiger partial charge in [-0.05, 0) is 11.1 Å². The van der Waals surface area contributed by atoms with Crippen LogP contribution in [-0.2, 0) is 4.79 Å². The molecule has 0 bridgehead atoms. The van der Waals surface area contributed by atoms with Crippen molar-refractivity contribution in [1.82, 2.24) is 0 Å². The molecule has 0 heterocycles. The van der Waals surface area contributed by atoms with E-state index in [4.69, 9.17) is 5.73 Å². The van der Waals surface area contributed by atoms with E-state index in [1.807, 2.05) is 60.7 Å². The molecule has 0 aliphatic rings. The maximum atomic E-state index is 11.6. The van der Waals surface area contributed by atoms with Crippen LogP contribution >= 0.6 is 0 Å². The lowest BCUT2D eigenvalue weighted by molar-refractivity contribution is -0.139. The fourth-order valence-corrected chi connectivity index (χ4v) is 2.37. The zero-order chi connectivity index (χ0) is 13.7. The molecule has 0 radical (unpaired) electrons. The lowest BCUT2D eigenvalue weighted by Gasteiger charge is -2.23. The van der Waals surface area contributed by atoms with Gasteiger partial charge in [0.15, 0.2) is 0 Å². The third-order valence-electron chi connectivity index (χ3n) is 3.31. The molecule has 19 heavy (non-hydrogen) atoms. The molecular weight excluding hydrogens is 238 g/mol. The molecule has 2 rings (SSSR count). The van der Waals surface area contributed by atoms with Crippen LogP contribution in [0.5, 0.6) is 0 Å². The summed E-state index contributed by atoms with van der Waals surface area (Å²) in [6.45, 7) is 0.301. The van der Waals surface area contributed by atoms with E-state index in [1.165, 1.54) is 0 Å². The van der Waals surface area contributed by atoms with E-state index in [1.54, 1.807) is 0 Å². The Balaban J connectivity index is 2.41. The van der Waals surface area contributed by atoms with Crippen LogP contribution in [0.3, 0.4) is 0 Å². The Kier molecular flexibility index (Phi) is 4.31. The van der Waals surface area contributed by atoms with Crippen molar-refractivity contribution in [3.63, 3.8) is 0 Å². The Morgan fingerprint density at radius 3 is 1.84 bits per heavy atom. The SMILES string of the molecule is NCC(c1ccccc1)C(C(=O)O)c1ccccc1. The molecule has 2 aromatic carbocycles. The maximum Gasteiger partial charge on any atom is 0.311 e. The third-order valence-corrected chi connectivity index (χ3v) is 3.31. The number of aliphatic carboxylic acids is 1. The fraction of sp³-hybridized carbons (Fsp3) is 0.188. The standard InChI is InChI=1S/C16H17NO2/c17-11-14(12-7-3-1-4-8-12)15(16(18)19)13-9-5-2-6-10-13/h1-10,14-15H,11,17H2,(H,18,19). The molecule has 0 aliphatic heterocycles. The van der Waals surface area contributed by atoms with Crippen LogP contribution in [0, 0.1) is 0 Å². The minimum Gasteiger partial charge on any atom is -0.481 e. The molecule has 0 amide bonds. The highest BCUT2D eigenvalue weighted by atomic mass is 16.4. The van der Waals surface area contributed by atoms with Gasteiger partial charge < -0.3 is 10.8 Å². The van der Waals surface area contributed by atoms with Gasteiger partial charge in [0.2, 0.25) is 0 Å². The van der Waals surface area contributed by atoms with Crippen molar-refractivity contribution in [2.75, 3.05) is 6.54 Å². The average molecular weight is 255 g/mol. The van der Waals surface area contributed by atoms with E-state index in [0.717, 1.165) is 11.1 Å². The van der Waals surface area contributed by atoms with Gasteiger partial charge in [0.25, 0.3) is 0 Å². The van der Waals surface area contributed by atoms with Crippen LogP contribution in [-0.4, -0.2) is 17.6 Å². The van der Waals surface area contributed by atoms with Crippen molar-refractivity contribution in [1.29, 1.82) is 0 Å². The Morgan fingerprint density at radius 1 is 0.947 bits per heavy atom. The fourth-order valence-electron chi connectivity index (χ4n) is 2.37. The molecule has 2 aromatic rings. The molecule has 2 unspecified atom stereocenters. The summed E-state index contributed by atoms with van der Waals surface area (Å²) in [6.07, 6.45) is 0. The molecule has 0 saturated carbocycles. The summed E-state index contributed by atoms with van der Waals surface area (Å²) in [5.41, 5.74) is 7.56. The molecule has 3 N–H and O–H groups in total. The summed E-state index contributed by atoms with van der Waals surface area (Å²) in [6, 6.07) is 18.8. The summed E-state index contributed by atoms with van der Waals surface area (Å²) >= 11 is 0. The lowest BCUT2D eigenvalue weighted by atomic mass is 9.81. The number of hydrogen-bond donors (Lipinski definition) is 2. The smallest absolute Gasteiger partial charge is 0.311 e. The van der Waals surface area contributed by atoms with Crippen molar-refractivity contribution in [3.05, 3.63) is 71.8 Å². The van der Waals surface area contributed by atoms with Crippen molar-refractivity contribution in [2.24, 2.45) is 5.73 Å². The predicted octanol–water partition coefficient (Wildman–Crippen LogP) is 2.60. The Labute approximate surface area is 112 Å². The van der Waals surface area contributed by atoms with E-state index in [0.29, 0.717) is 6.54 Å². The van der Waals surface area contributed by atoms with Crippen LogP contribution in [0.4, 0.5) is 0 Å². The van der Waals surface area contributed by atoms with E-state index in [9.17, 15) is 9.90 Å². The Bertz CT molecular complexity index is 525. The first kappa shape index (κ1) is 13.3. The molecule has 0 aliphatic carbocycles. The Morgan fingerprint density at radius 2 is 1.42 bits per heavy atom. The third kappa shape index (κ3) is 3.01. The molecule has 0 aromatic heterocycles. The number of rotatable bonds is 5. The molecule has 3 nitrogen and oxygen atoms in total. The van der Waals surface area contributed by atoms with Crippen LogP contribution in [0.15, 0.2) is 60.7 Å². The van der Waals surface area contributed by atoms with Gasteiger partial charge in [-0.3, -0.25) is 4.79 Å². The predicted molar refractivity (Wildman–Crippen MR) is 75.1 cm³/mol. The van der Waals surface area contributed by atoms with Gasteiger partial charge in [0.05, 0.1) is 5.92 Å². The summed E-state index contributed by atoms with van der Waals surface area (Å²) in [7, 11) is 0. The molecule has 3 heteroatoms. The minimum atomic E-state index is -0.842. The first-order valence-electron chi connectivity index (χ1n) is 6.26. The van der Waals surface area contributed by atoms with E-state index in [-0.39, 0.29) is 5.92 Å². The number of benzene rings is 2. The number of carbonyl (C=O) groups is 1. The number of nitrogens with two attached hydrogens (primary N) is 1. The minimum absolute atomic E-state index is 0.221. The van der Waals surface area contributed by atoms with Crippen molar-refractivity contribution in [2.45, 2.75) is 11.8 Å². The summed E-state index contributed by atoms with van der Waals surface area (Å²) < 4.78 is 0. The Hall–Kier alpha value is -2.13. The van der Waals surface area contributed by atoms with Gasteiger partial charge in [-0.1, -0.05) is 60.7 Å². The van der Waals surface area contributed by atoms with Gasteiger partial charge in [-0.25, -0.2) is 0 Å². The highest BCUT2D eigenvalue weighted by molar-refractivity contribution is 5.77. The van der Waals surface area contributed by atoms with Crippen LogP contribution < -0.4 is 5.73 Å². The van der Waals surface area contributed by atoms with Gasteiger partial charge >= 0.3 is 5.97 Å². The van der Waals surface area contributed by atoms with Gasteiger partial charge in [0, 0.05) is 12.5 Å². The monoisotopic (exact) mass is 255 g/mol. The number of carboxylic acids is 1. The lowest BCUT2D eigenvalue weighted by Crippen LogP contribution is -2.26. The van der Waals surface area contributed by atoms with Gasteiger partial charge in [-0.2, -0.15) is 0 Å². The quantitative estimate of drug-likeness (QED) is 0.863. The highest BCUT2D eigenvalue weighted by Crippen LogP contribution is 2.32. The van der Waals surface area contributed by atoms with E-state index < -0.39 is 11.9 Å². The van der Waals surface area contributed by atoms with Crippen molar-refractivity contribution < 1.29 is 9.90 Å². The highest BCUT2D eigenvalue weighted by Gasteiger charge is 2.29. The van der Waals surface area contributed by atoms with Gasteiger partial charge in [-0.15, -0.1) is 0 Å². The van der Waals surface area contributed by atoms with Crippen LogP contribution in [0.25, 0.3) is 0 Å². The molecule has 98 valence electrons. The van der Waals surface area contributed by atoms with E-state index >= 15 is 0 Å². The molecule has 0 saturated heterocycles. The normalized spacial score (nSPS) is 13.7. The largest absolute Gasteiger partial charge is 0.481 e. The summed E-state index contributed by atoms with van der Waals surface area (Å²) in [4.78, 5) is 11.6. The second kappa shape index (κ2) is 6.16. The zero-order valence-corrected chi connectivity index (χ0v) is 10.6. The van der Waals surface area contributed by atoms with Crippen molar-refractivity contribution >= 4 is 5.97 Å². The average Bonchev–Trinajstić information content (AvgIpc) is 2.46. The number of hydrogen-bond acceptors (Lipinski definition) is 2. The molecular formula is C16H17NO2. The van der Waals surface area contributed by atoms with Crippen LogP contribution in [0.2, 0.25) is 0 Å². The van der Waals surface area contributed by atoms with Crippen LogP contribution in [0.1, 0.15) is 23.0 Å².